The van der Waals surface area contributed by atoms with Crippen molar-refractivity contribution in [3.05, 3.63) is 83.4 Å². The van der Waals surface area contributed by atoms with Crippen LogP contribution in [0.15, 0.2) is 66.7 Å². The third-order valence-corrected chi connectivity index (χ3v) is 5.58. The molecule has 2 N–H and O–H groups in total. The average molecular weight is 432 g/mol. The molecular formula is C25H24N2O5. The molecule has 164 valence electrons. The number of benzene rings is 3. The monoisotopic (exact) mass is 432 g/mol. The molecule has 32 heavy (non-hydrogen) atoms. The van der Waals surface area contributed by atoms with Crippen molar-refractivity contribution in [3.63, 3.8) is 0 Å². The van der Waals surface area contributed by atoms with Gasteiger partial charge in [0.1, 0.15) is 6.54 Å². The van der Waals surface area contributed by atoms with Gasteiger partial charge in [-0.3, -0.25) is 14.5 Å². The zero-order valence-corrected chi connectivity index (χ0v) is 18.1. The van der Waals surface area contributed by atoms with Crippen LogP contribution in [0.1, 0.15) is 16.7 Å². The van der Waals surface area contributed by atoms with Gasteiger partial charge in [0, 0.05) is 17.3 Å². The quantitative estimate of drug-likeness (QED) is 0.624. The van der Waals surface area contributed by atoms with Gasteiger partial charge in [-0.15, -0.1) is 0 Å². The van der Waals surface area contributed by atoms with Gasteiger partial charge in [-0.25, -0.2) is 0 Å². The molecule has 1 heterocycles. The molecule has 3 aromatic rings. The number of fused-ring (bicyclic) bond motifs is 1. The van der Waals surface area contributed by atoms with Crippen molar-refractivity contribution >= 4 is 23.2 Å². The summed E-state index contributed by atoms with van der Waals surface area (Å²) in [6, 6.07) is 19.1. The fourth-order valence-corrected chi connectivity index (χ4v) is 3.92. The molecule has 0 spiro atoms. The maximum absolute atomic E-state index is 13.4. The molecule has 1 aliphatic heterocycles. The smallest absolute Gasteiger partial charge is 0.268 e. The maximum Gasteiger partial charge on any atom is 0.268 e. The molecule has 0 saturated heterocycles. The third-order valence-electron chi connectivity index (χ3n) is 5.58. The number of amides is 2. The summed E-state index contributed by atoms with van der Waals surface area (Å²) >= 11 is 0. The molecular weight excluding hydrogens is 408 g/mol. The average Bonchev–Trinajstić information content (AvgIpc) is 3.02. The summed E-state index contributed by atoms with van der Waals surface area (Å²) in [6.07, 6.45) is 0. The molecule has 3 aromatic carbocycles. The van der Waals surface area contributed by atoms with Crippen molar-refractivity contribution in [1.29, 1.82) is 0 Å². The Morgan fingerprint density at radius 3 is 2.38 bits per heavy atom. The zero-order chi connectivity index (χ0) is 22.9. The molecule has 0 aromatic heterocycles. The fraction of sp³-hybridized carbons (Fsp3) is 0.200. The second kappa shape index (κ2) is 8.36. The van der Waals surface area contributed by atoms with Crippen LogP contribution >= 0.6 is 0 Å². The number of nitrogens with zero attached hydrogens (tertiary/aromatic N) is 1. The van der Waals surface area contributed by atoms with E-state index < -0.39 is 17.4 Å². The number of rotatable bonds is 6. The summed E-state index contributed by atoms with van der Waals surface area (Å²) in [6.45, 7) is 1.68. The predicted octanol–water partition coefficient (Wildman–Crippen LogP) is 3.23. The molecule has 1 aliphatic rings. The lowest BCUT2D eigenvalue weighted by Crippen LogP contribution is -2.44. The van der Waals surface area contributed by atoms with E-state index in [9.17, 15) is 14.7 Å². The van der Waals surface area contributed by atoms with Crippen LogP contribution in [0.4, 0.5) is 11.4 Å². The van der Waals surface area contributed by atoms with Gasteiger partial charge >= 0.3 is 0 Å². The van der Waals surface area contributed by atoms with E-state index in [1.165, 1.54) is 19.1 Å². The normalized spacial score (nSPS) is 17.1. The highest BCUT2D eigenvalue weighted by molar-refractivity contribution is 6.12. The molecule has 0 saturated carbocycles. The van der Waals surface area contributed by atoms with Crippen LogP contribution in [-0.2, 0) is 15.2 Å². The lowest BCUT2D eigenvalue weighted by atomic mass is 9.87. The standard InChI is InChI=1S/C25H24N2O5/c1-16-8-10-17(11-9-16)25(30)19-6-4-5-7-20(19)27(24(25)29)15-23(28)26-18-12-13-21(31-2)22(14-18)32-3/h4-14,30H,15H2,1-3H3,(H,26,28). The van der Waals surface area contributed by atoms with Gasteiger partial charge in [-0.05, 0) is 30.7 Å². The molecule has 1 unspecified atom stereocenters. The minimum atomic E-state index is -1.85. The first-order valence-electron chi connectivity index (χ1n) is 10.1. The number of ether oxygens (including phenoxy) is 2. The lowest BCUT2D eigenvalue weighted by Gasteiger charge is -2.23. The molecule has 2 amide bonds. The van der Waals surface area contributed by atoms with Gasteiger partial charge in [0.05, 0.1) is 19.9 Å². The first-order chi connectivity index (χ1) is 15.4. The van der Waals surface area contributed by atoms with Gasteiger partial charge in [-0.1, -0.05) is 48.0 Å². The van der Waals surface area contributed by atoms with Crippen LogP contribution in [0.5, 0.6) is 11.5 Å². The Morgan fingerprint density at radius 1 is 1.00 bits per heavy atom. The molecule has 7 nitrogen and oxygen atoms in total. The van der Waals surface area contributed by atoms with Crippen LogP contribution < -0.4 is 19.7 Å². The second-order valence-corrected chi connectivity index (χ2v) is 7.60. The van der Waals surface area contributed by atoms with E-state index in [2.05, 4.69) is 5.32 Å². The highest BCUT2D eigenvalue weighted by atomic mass is 16.5. The summed E-state index contributed by atoms with van der Waals surface area (Å²) < 4.78 is 10.5. The lowest BCUT2D eigenvalue weighted by molar-refractivity contribution is -0.133. The Bertz CT molecular complexity index is 1180. The number of hydrogen-bond acceptors (Lipinski definition) is 5. The Kier molecular flexibility index (Phi) is 5.59. The highest BCUT2D eigenvalue weighted by Gasteiger charge is 2.51. The van der Waals surface area contributed by atoms with Crippen LogP contribution in [0, 0.1) is 6.92 Å². The fourth-order valence-electron chi connectivity index (χ4n) is 3.92. The second-order valence-electron chi connectivity index (χ2n) is 7.60. The van der Waals surface area contributed by atoms with E-state index in [-0.39, 0.29) is 6.54 Å². The molecule has 0 aliphatic carbocycles. The van der Waals surface area contributed by atoms with Gasteiger partial charge in [0.2, 0.25) is 5.91 Å². The Hall–Kier alpha value is -3.84. The summed E-state index contributed by atoms with van der Waals surface area (Å²) in [4.78, 5) is 27.5. The summed E-state index contributed by atoms with van der Waals surface area (Å²) in [5, 5.41) is 14.3. The molecule has 0 bridgehead atoms. The van der Waals surface area contributed by atoms with E-state index in [0.717, 1.165) is 5.56 Å². The SMILES string of the molecule is COc1ccc(NC(=O)CN2C(=O)C(O)(c3ccc(C)cc3)c3ccccc32)cc1OC. The van der Waals surface area contributed by atoms with E-state index in [4.69, 9.17) is 9.47 Å². The molecule has 0 fully saturated rings. The largest absolute Gasteiger partial charge is 0.493 e. The van der Waals surface area contributed by atoms with Gasteiger partial charge in [0.25, 0.3) is 5.91 Å². The molecule has 1 atom stereocenters. The number of aryl methyl sites for hydroxylation is 1. The minimum absolute atomic E-state index is 0.252. The maximum atomic E-state index is 13.4. The van der Waals surface area contributed by atoms with Crippen molar-refractivity contribution < 1.29 is 24.2 Å². The van der Waals surface area contributed by atoms with E-state index in [1.807, 2.05) is 19.1 Å². The third kappa shape index (κ3) is 3.56. The molecule has 0 radical (unpaired) electrons. The van der Waals surface area contributed by atoms with Crippen molar-refractivity contribution in [2.24, 2.45) is 0 Å². The highest BCUT2D eigenvalue weighted by Crippen LogP contribution is 2.44. The Balaban J connectivity index is 1.61. The minimum Gasteiger partial charge on any atom is -0.493 e. The van der Waals surface area contributed by atoms with Crippen molar-refractivity contribution in [3.8, 4) is 11.5 Å². The molecule has 7 heteroatoms. The van der Waals surface area contributed by atoms with E-state index in [0.29, 0.717) is 34.0 Å². The Morgan fingerprint density at radius 2 is 1.69 bits per heavy atom. The summed E-state index contributed by atoms with van der Waals surface area (Å²) in [7, 11) is 3.04. The molecule has 4 rings (SSSR count). The Labute approximate surface area is 186 Å². The first-order valence-corrected chi connectivity index (χ1v) is 10.1. The van der Waals surface area contributed by atoms with Crippen molar-refractivity contribution in [2.75, 3.05) is 31.0 Å². The van der Waals surface area contributed by atoms with Crippen LogP contribution in [0.25, 0.3) is 0 Å². The number of carbonyl (C=O) groups is 2. The number of carbonyl (C=O) groups excluding carboxylic acids is 2. The number of para-hydroxylation sites is 1. The van der Waals surface area contributed by atoms with E-state index >= 15 is 0 Å². The predicted molar refractivity (Wildman–Crippen MR) is 121 cm³/mol. The number of anilines is 2. The van der Waals surface area contributed by atoms with Gasteiger partial charge < -0.3 is 19.9 Å². The van der Waals surface area contributed by atoms with Crippen molar-refractivity contribution in [2.45, 2.75) is 12.5 Å². The van der Waals surface area contributed by atoms with Gasteiger partial charge in [-0.2, -0.15) is 0 Å². The van der Waals surface area contributed by atoms with Crippen LogP contribution in [0.3, 0.4) is 0 Å². The number of hydrogen-bond donors (Lipinski definition) is 2. The topological polar surface area (TPSA) is 88.1 Å². The van der Waals surface area contributed by atoms with Gasteiger partial charge in [0.15, 0.2) is 17.1 Å². The zero-order valence-electron chi connectivity index (χ0n) is 18.1. The summed E-state index contributed by atoms with van der Waals surface area (Å²) in [5.74, 6) is 0.0393. The first kappa shape index (κ1) is 21.4. The van der Waals surface area contributed by atoms with E-state index in [1.54, 1.807) is 54.6 Å². The summed E-state index contributed by atoms with van der Waals surface area (Å²) in [5.41, 5.74) is 1.08. The van der Waals surface area contributed by atoms with Crippen LogP contribution in [0.2, 0.25) is 0 Å². The number of methoxy groups -OCH3 is 2. The number of aliphatic hydroxyl groups is 1. The van der Waals surface area contributed by atoms with Crippen LogP contribution in [-0.4, -0.2) is 37.7 Å². The van der Waals surface area contributed by atoms with Crippen molar-refractivity contribution in [1.82, 2.24) is 0 Å². The number of nitrogens with one attached hydrogen (secondary N) is 1.